The number of alkyl halides is 17. The smallest absolute Gasteiger partial charge is 0.460 e. The van der Waals surface area contributed by atoms with Gasteiger partial charge in [0.05, 0.1) is 13.1 Å². The normalized spacial score (nSPS) is 15.9. The van der Waals surface area contributed by atoms with Gasteiger partial charge in [-0.1, -0.05) is 0 Å². The summed E-state index contributed by atoms with van der Waals surface area (Å²) in [6, 6.07) is 0. The molecule has 24 heteroatoms. The molecule has 0 saturated carbocycles. The highest BCUT2D eigenvalue weighted by Gasteiger charge is 2.96. The molecule has 3 N–H and O–H groups in total. The topological polar surface area (TPSA) is 65.0 Å². The van der Waals surface area contributed by atoms with Crippen molar-refractivity contribution >= 4 is 10.0 Å². The molecule has 0 unspecified atom stereocenters. The van der Waals surface area contributed by atoms with Crippen molar-refractivity contribution in [2.24, 2.45) is 0 Å². The molecule has 0 heterocycles. The molecule has 0 aliphatic rings. The van der Waals surface area contributed by atoms with E-state index in [2.05, 4.69) is 5.73 Å². The molecule has 0 aromatic heterocycles. The van der Waals surface area contributed by atoms with E-state index in [0.717, 1.165) is 0 Å². The van der Waals surface area contributed by atoms with Crippen LogP contribution < -0.4 is 29.7 Å². The van der Waals surface area contributed by atoms with Crippen molar-refractivity contribution in [1.29, 1.82) is 0 Å². The largest absolute Gasteiger partial charge is 1.00 e. The lowest BCUT2D eigenvalue weighted by molar-refractivity contribution is -0.458. The van der Waals surface area contributed by atoms with Crippen molar-refractivity contribution in [3.05, 3.63) is 0 Å². The molecule has 0 amide bonds. The van der Waals surface area contributed by atoms with Crippen molar-refractivity contribution < 1.29 is 117 Å². The first kappa shape index (κ1) is 36.5. The van der Waals surface area contributed by atoms with Gasteiger partial charge in [-0.3, -0.25) is 0 Å². The van der Waals surface area contributed by atoms with E-state index in [4.69, 9.17) is 0 Å². The van der Waals surface area contributed by atoms with Crippen LogP contribution in [0.2, 0.25) is 0 Å². The Hall–Kier alpha value is -0.660. The Labute approximate surface area is 198 Å². The maximum absolute atomic E-state index is 13.6. The van der Waals surface area contributed by atoms with Crippen LogP contribution in [0.25, 0.3) is 0 Å². The SMILES string of the molecule is [I-].[NH3+]CCCN(F)S(=O)(=O)C(F)(F)C(F)(F)C(F)(F)C(F)(F)C(F)(F)C(F)(F)C(F)(F)C(F)(F)F. The van der Waals surface area contributed by atoms with Gasteiger partial charge in [0.25, 0.3) is 0 Å². The van der Waals surface area contributed by atoms with E-state index >= 15 is 0 Å². The number of sulfonamides is 1. The predicted octanol–water partition coefficient (Wildman–Crippen LogP) is 1.11. The first-order valence-corrected chi connectivity index (χ1v) is 9.11. The van der Waals surface area contributed by atoms with Gasteiger partial charge in [-0.05, 0) is 4.53 Å². The number of quaternary nitrogens is 1. The van der Waals surface area contributed by atoms with Crippen LogP contribution in [-0.2, 0) is 10.0 Å². The molecule has 0 spiro atoms. The molecular weight excluding hydrogens is 693 g/mol. The van der Waals surface area contributed by atoms with Crippen LogP contribution in [0, 0.1) is 0 Å². The zero-order valence-electron chi connectivity index (χ0n) is 15.7. The molecular formula is C11H9F18IN2O2S. The number of hydrogen-bond acceptors (Lipinski definition) is 2. The molecule has 4 nitrogen and oxygen atoms in total. The monoisotopic (exact) mass is 702 g/mol. The van der Waals surface area contributed by atoms with Gasteiger partial charge in [-0.25, -0.2) is 8.42 Å². The fraction of sp³-hybridized carbons (Fsp3) is 1.00. The lowest BCUT2D eigenvalue weighted by atomic mass is 9.91. The molecule has 0 aromatic rings. The first-order chi connectivity index (χ1) is 14.5. The number of halogens is 19. The van der Waals surface area contributed by atoms with E-state index in [-0.39, 0.29) is 24.0 Å². The van der Waals surface area contributed by atoms with E-state index in [9.17, 15) is 87.5 Å². The minimum absolute atomic E-state index is 0. The lowest BCUT2D eigenvalue weighted by Crippen LogP contribution is -3.00. The number of nitrogens with zero attached hydrogens (tertiary/aromatic N) is 1. The summed E-state index contributed by atoms with van der Waals surface area (Å²) in [7, 11) is -7.86. The van der Waals surface area contributed by atoms with Crippen LogP contribution in [-0.4, -0.2) is 73.0 Å². The highest BCUT2D eigenvalue weighted by Crippen LogP contribution is 2.64. The first-order valence-electron chi connectivity index (χ1n) is 7.67. The van der Waals surface area contributed by atoms with Crippen molar-refractivity contribution in [3.63, 3.8) is 0 Å². The molecule has 0 aliphatic carbocycles. The van der Waals surface area contributed by atoms with E-state index < -0.39 is 81.0 Å². The Morgan fingerprint density at radius 2 is 0.857 bits per heavy atom. The van der Waals surface area contributed by atoms with Crippen molar-refractivity contribution in [3.8, 4) is 0 Å². The average Bonchev–Trinajstić information content (AvgIpc) is 2.63. The summed E-state index contributed by atoms with van der Waals surface area (Å²) in [4.78, 5) is 0. The minimum Gasteiger partial charge on any atom is -1.00 e. The van der Waals surface area contributed by atoms with Crippen molar-refractivity contribution in [2.75, 3.05) is 13.1 Å². The third-order valence-corrected chi connectivity index (χ3v) is 5.47. The van der Waals surface area contributed by atoms with E-state index in [0.29, 0.717) is 0 Å². The van der Waals surface area contributed by atoms with E-state index in [1.165, 1.54) is 0 Å². The highest BCUT2D eigenvalue weighted by molar-refractivity contribution is 7.90. The quantitative estimate of drug-likeness (QED) is 0.200. The summed E-state index contributed by atoms with van der Waals surface area (Å²) in [6.45, 7) is -2.45. The van der Waals surface area contributed by atoms with E-state index in [1.54, 1.807) is 0 Å². The zero-order chi connectivity index (χ0) is 28.2. The summed E-state index contributed by atoms with van der Waals surface area (Å²) in [6.07, 6.45) is -8.84. The minimum atomic E-state index is -8.95. The number of rotatable bonds is 11. The fourth-order valence-electron chi connectivity index (χ4n) is 1.79. The Morgan fingerprint density at radius 3 is 1.14 bits per heavy atom. The number of hydrogen-bond donors (Lipinski definition) is 1. The highest BCUT2D eigenvalue weighted by atomic mass is 127. The Balaban J connectivity index is 0. The summed E-state index contributed by atoms with van der Waals surface area (Å²) in [5.41, 5.74) is 2.87. The van der Waals surface area contributed by atoms with Gasteiger partial charge < -0.3 is 29.7 Å². The van der Waals surface area contributed by atoms with Crippen LogP contribution in [0.4, 0.5) is 79.1 Å². The van der Waals surface area contributed by atoms with Crippen molar-refractivity contribution in [2.45, 2.75) is 53.4 Å². The molecule has 0 fully saturated rings. The molecule has 0 bridgehead atoms. The molecule has 0 saturated heterocycles. The van der Waals surface area contributed by atoms with Crippen LogP contribution in [0.1, 0.15) is 6.42 Å². The van der Waals surface area contributed by atoms with Gasteiger partial charge in [0.1, 0.15) is 0 Å². The molecule has 35 heavy (non-hydrogen) atoms. The Bertz CT molecular complexity index is 842. The van der Waals surface area contributed by atoms with Crippen LogP contribution in [0.3, 0.4) is 0 Å². The third kappa shape index (κ3) is 4.95. The summed E-state index contributed by atoms with van der Waals surface area (Å²) < 4.78 is 255. The molecule has 0 radical (unpaired) electrons. The summed E-state index contributed by atoms with van der Waals surface area (Å²) in [5.74, 6) is -52.3. The van der Waals surface area contributed by atoms with Crippen LogP contribution in [0.5, 0.6) is 0 Å². The third-order valence-electron chi connectivity index (χ3n) is 3.86. The van der Waals surface area contributed by atoms with Crippen LogP contribution >= 0.6 is 0 Å². The molecule has 0 rings (SSSR count). The molecule has 0 atom stereocenters. The average molecular weight is 702 g/mol. The second-order valence-electron chi connectivity index (χ2n) is 6.18. The standard InChI is InChI=1S/C11H8F18N2O2S.HI/c12-4(13,6(16,17)8(20,21)10(24,25)26)5(14,15)7(18,19)9(22,23)11(27,28)34(32,33)31(29)3-1-2-30;/h1-3,30H2;1H. The fourth-order valence-corrected chi connectivity index (χ4v) is 2.86. The summed E-state index contributed by atoms with van der Waals surface area (Å²) >= 11 is 0. The van der Waals surface area contributed by atoms with Crippen molar-refractivity contribution in [1.82, 2.24) is 4.53 Å². The molecule has 0 aliphatic heterocycles. The van der Waals surface area contributed by atoms with Gasteiger partial charge in [-0.2, -0.15) is 74.6 Å². The second-order valence-corrected chi connectivity index (χ2v) is 8.04. The van der Waals surface area contributed by atoms with Gasteiger partial charge >= 0.3 is 57.0 Å². The predicted molar refractivity (Wildman–Crippen MR) is 69.8 cm³/mol. The molecule has 214 valence electrons. The van der Waals surface area contributed by atoms with E-state index in [1.807, 2.05) is 0 Å². The Morgan fingerprint density at radius 1 is 0.571 bits per heavy atom. The van der Waals surface area contributed by atoms with Gasteiger partial charge in [-0.15, -0.1) is 4.48 Å². The van der Waals surface area contributed by atoms with Gasteiger partial charge in [0.2, 0.25) is 0 Å². The maximum Gasteiger partial charge on any atom is 0.460 e. The Kier molecular flexibility index (Phi) is 10.3. The van der Waals surface area contributed by atoms with Gasteiger partial charge in [0.15, 0.2) is 0 Å². The lowest BCUT2D eigenvalue weighted by Gasteiger charge is -2.42. The van der Waals surface area contributed by atoms with Crippen LogP contribution in [0.15, 0.2) is 0 Å². The molecule has 0 aromatic carbocycles. The second kappa shape index (κ2) is 9.90. The maximum atomic E-state index is 13.6. The zero-order valence-corrected chi connectivity index (χ0v) is 18.7. The summed E-state index contributed by atoms with van der Waals surface area (Å²) in [5, 5.41) is -7.89. The van der Waals surface area contributed by atoms with Gasteiger partial charge in [0, 0.05) is 6.42 Å².